The highest BCUT2D eigenvalue weighted by Gasteiger charge is 1.75. The molecule has 94 valence electrons. The Labute approximate surface area is 102 Å². The number of hydrogen-bond donors (Lipinski definition) is 0. The SMILES string of the molecule is CCCCCC.CCOC.c1ccccc1. The van der Waals surface area contributed by atoms with Crippen LogP contribution >= 0.6 is 0 Å². The molecule has 1 aromatic carbocycles. The third-order valence-corrected chi connectivity index (χ3v) is 1.91. The minimum Gasteiger partial charge on any atom is -0.385 e. The standard InChI is InChI=1S/C6H6.C6H14.C3H8O/c1-2-4-6-5-3-1;1-3-5-6-4-2;1-3-4-2/h1-6H;3-6H2,1-2H3;3H2,1-2H3. The molecule has 0 amide bonds. The maximum Gasteiger partial charge on any atom is 0.0433 e. The first-order valence-corrected chi connectivity index (χ1v) is 6.32. The van der Waals surface area contributed by atoms with Gasteiger partial charge in [-0.3, -0.25) is 0 Å². The Hall–Kier alpha value is -0.820. The Bertz CT molecular complexity index is 139. The molecule has 0 bridgehead atoms. The first kappa shape index (κ1) is 17.6. The van der Waals surface area contributed by atoms with E-state index in [1.54, 1.807) is 7.11 Å². The Balaban J connectivity index is 0. The summed E-state index contributed by atoms with van der Waals surface area (Å²) in [5.41, 5.74) is 0. The van der Waals surface area contributed by atoms with Gasteiger partial charge in [0.05, 0.1) is 0 Å². The molecule has 1 rings (SSSR count). The van der Waals surface area contributed by atoms with Gasteiger partial charge in [-0.05, 0) is 6.92 Å². The van der Waals surface area contributed by atoms with Crippen molar-refractivity contribution in [3.05, 3.63) is 36.4 Å². The molecule has 0 aliphatic heterocycles. The average Bonchev–Trinajstić information content (AvgIpc) is 2.39. The quantitative estimate of drug-likeness (QED) is 0.659. The topological polar surface area (TPSA) is 9.23 Å². The van der Waals surface area contributed by atoms with E-state index < -0.39 is 0 Å². The Morgan fingerprint density at radius 3 is 1.06 bits per heavy atom. The summed E-state index contributed by atoms with van der Waals surface area (Å²) >= 11 is 0. The zero-order valence-electron chi connectivity index (χ0n) is 11.4. The van der Waals surface area contributed by atoms with Crippen LogP contribution in [0.2, 0.25) is 0 Å². The van der Waals surface area contributed by atoms with E-state index in [1.165, 1.54) is 25.7 Å². The van der Waals surface area contributed by atoms with Crippen molar-refractivity contribution in [2.45, 2.75) is 46.5 Å². The fourth-order valence-electron chi connectivity index (χ4n) is 0.885. The molecule has 16 heavy (non-hydrogen) atoms. The van der Waals surface area contributed by atoms with Crippen molar-refractivity contribution in [2.75, 3.05) is 13.7 Å². The van der Waals surface area contributed by atoms with Crippen LogP contribution in [0.1, 0.15) is 46.5 Å². The second-order valence-corrected chi connectivity index (χ2v) is 3.44. The van der Waals surface area contributed by atoms with Crippen LogP contribution in [0.15, 0.2) is 36.4 Å². The fraction of sp³-hybridized carbons (Fsp3) is 0.600. The van der Waals surface area contributed by atoms with E-state index in [-0.39, 0.29) is 0 Å². The first-order valence-electron chi connectivity index (χ1n) is 6.32. The van der Waals surface area contributed by atoms with Crippen molar-refractivity contribution >= 4 is 0 Å². The predicted molar refractivity (Wildman–Crippen MR) is 73.8 cm³/mol. The molecular formula is C15H28O. The first-order chi connectivity index (χ1) is 7.83. The molecule has 0 saturated heterocycles. The summed E-state index contributed by atoms with van der Waals surface area (Å²) in [7, 11) is 1.68. The Kier molecular flexibility index (Phi) is 21.6. The predicted octanol–water partition coefficient (Wildman–Crippen LogP) is 4.93. The van der Waals surface area contributed by atoms with Gasteiger partial charge in [0.1, 0.15) is 0 Å². The number of rotatable bonds is 4. The number of hydrogen-bond acceptors (Lipinski definition) is 1. The summed E-state index contributed by atoms with van der Waals surface area (Å²) in [6, 6.07) is 12.0. The van der Waals surface area contributed by atoms with Crippen molar-refractivity contribution in [3.63, 3.8) is 0 Å². The lowest BCUT2D eigenvalue weighted by atomic mass is 10.2. The van der Waals surface area contributed by atoms with Crippen LogP contribution in [-0.4, -0.2) is 13.7 Å². The van der Waals surface area contributed by atoms with E-state index in [2.05, 4.69) is 18.6 Å². The van der Waals surface area contributed by atoms with Crippen molar-refractivity contribution in [2.24, 2.45) is 0 Å². The highest BCUT2D eigenvalue weighted by atomic mass is 16.5. The van der Waals surface area contributed by atoms with Gasteiger partial charge in [0, 0.05) is 13.7 Å². The van der Waals surface area contributed by atoms with Crippen molar-refractivity contribution in [3.8, 4) is 0 Å². The second kappa shape index (κ2) is 19.7. The van der Waals surface area contributed by atoms with Gasteiger partial charge in [0.2, 0.25) is 0 Å². The van der Waals surface area contributed by atoms with E-state index in [0.29, 0.717) is 0 Å². The molecule has 0 unspecified atom stereocenters. The Morgan fingerprint density at radius 2 is 0.938 bits per heavy atom. The summed E-state index contributed by atoms with van der Waals surface area (Å²) in [5.74, 6) is 0. The van der Waals surface area contributed by atoms with E-state index >= 15 is 0 Å². The van der Waals surface area contributed by atoms with E-state index in [4.69, 9.17) is 0 Å². The van der Waals surface area contributed by atoms with Crippen LogP contribution in [0.4, 0.5) is 0 Å². The third kappa shape index (κ3) is 23.2. The summed E-state index contributed by atoms with van der Waals surface area (Å²) in [6.07, 6.45) is 5.54. The third-order valence-electron chi connectivity index (χ3n) is 1.91. The smallest absolute Gasteiger partial charge is 0.0433 e. The van der Waals surface area contributed by atoms with Crippen LogP contribution < -0.4 is 0 Å². The molecule has 1 heteroatoms. The maximum atomic E-state index is 4.54. The molecule has 0 radical (unpaired) electrons. The molecular weight excluding hydrogens is 196 g/mol. The van der Waals surface area contributed by atoms with Crippen molar-refractivity contribution < 1.29 is 4.74 Å². The molecule has 0 N–H and O–H groups in total. The number of methoxy groups -OCH3 is 1. The Morgan fingerprint density at radius 1 is 0.688 bits per heavy atom. The molecule has 0 aromatic heterocycles. The zero-order valence-corrected chi connectivity index (χ0v) is 11.4. The van der Waals surface area contributed by atoms with Crippen LogP contribution in [0.3, 0.4) is 0 Å². The summed E-state index contributed by atoms with van der Waals surface area (Å²) < 4.78 is 4.54. The number of ether oxygens (including phenoxy) is 1. The average molecular weight is 224 g/mol. The molecule has 0 saturated carbocycles. The molecule has 1 nitrogen and oxygen atoms in total. The summed E-state index contributed by atoms with van der Waals surface area (Å²) in [6.45, 7) is 7.24. The second-order valence-electron chi connectivity index (χ2n) is 3.44. The number of unbranched alkanes of at least 4 members (excludes halogenated alkanes) is 3. The van der Waals surface area contributed by atoms with E-state index in [0.717, 1.165) is 6.61 Å². The van der Waals surface area contributed by atoms with E-state index in [1.807, 2.05) is 43.3 Å². The molecule has 0 fully saturated rings. The van der Waals surface area contributed by atoms with Crippen molar-refractivity contribution in [1.29, 1.82) is 0 Å². The van der Waals surface area contributed by atoms with Crippen LogP contribution in [-0.2, 0) is 4.74 Å². The van der Waals surface area contributed by atoms with Crippen LogP contribution in [0.25, 0.3) is 0 Å². The molecule has 1 aromatic rings. The van der Waals surface area contributed by atoms with Gasteiger partial charge in [-0.15, -0.1) is 0 Å². The lowest BCUT2D eigenvalue weighted by molar-refractivity contribution is 0.215. The van der Waals surface area contributed by atoms with Gasteiger partial charge in [-0.25, -0.2) is 0 Å². The summed E-state index contributed by atoms with van der Waals surface area (Å²) in [4.78, 5) is 0. The highest BCUT2D eigenvalue weighted by Crippen LogP contribution is 1.95. The minimum atomic E-state index is 0.819. The van der Waals surface area contributed by atoms with Gasteiger partial charge in [0.15, 0.2) is 0 Å². The van der Waals surface area contributed by atoms with E-state index in [9.17, 15) is 0 Å². The van der Waals surface area contributed by atoms with Crippen LogP contribution in [0, 0.1) is 0 Å². The van der Waals surface area contributed by atoms with Crippen molar-refractivity contribution in [1.82, 2.24) is 0 Å². The van der Waals surface area contributed by atoms with Gasteiger partial charge < -0.3 is 4.74 Å². The number of benzene rings is 1. The monoisotopic (exact) mass is 224 g/mol. The largest absolute Gasteiger partial charge is 0.385 e. The zero-order chi connectivity index (χ0) is 12.5. The normalized spacial score (nSPS) is 8.25. The fourth-order valence-corrected chi connectivity index (χ4v) is 0.885. The summed E-state index contributed by atoms with van der Waals surface area (Å²) in [5, 5.41) is 0. The highest BCUT2D eigenvalue weighted by molar-refractivity contribution is 4.99. The molecule has 0 aliphatic carbocycles. The van der Waals surface area contributed by atoms with Gasteiger partial charge in [-0.2, -0.15) is 0 Å². The van der Waals surface area contributed by atoms with Gasteiger partial charge >= 0.3 is 0 Å². The van der Waals surface area contributed by atoms with Gasteiger partial charge in [0.25, 0.3) is 0 Å². The molecule has 0 aliphatic rings. The minimum absolute atomic E-state index is 0.819. The van der Waals surface area contributed by atoms with Gasteiger partial charge in [-0.1, -0.05) is 75.9 Å². The lowest BCUT2D eigenvalue weighted by Gasteiger charge is -1.86. The van der Waals surface area contributed by atoms with Crippen LogP contribution in [0.5, 0.6) is 0 Å². The lowest BCUT2D eigenvalue weighted by Crippen LogP contribution is -1.73. The molecule has 0 atom stereocenters. The molecule has 0 spiro atoms. The molecule has 0 heterocycles. The maximum absolute atomic E-state index is 4.54.